The molecule has 0 aromatic heterocycles. The Kier molecular flexibility index (Phi) is 11.7. The number of amides is 2. The van der Waals surface area contributed by atoms with Gasteiger partial charge in [0.05, 0.1) is 19.6 Å². The molecule has 1 saturated heterocycles. The van der Waals surface area contributed by atoms with Crippen molar-refractivity contribution in [2.24, 2.45) is 11.8 Å². The first-order valence-electron chi connectivity index (χ1n) is 12.1. The van der Waals surface area contributed by atoms with Crippen molar-refractivity contribution in [3.8, 4) is 0 Å². The average Bonchev–Trinajstić information content (AvgIpc) is 2.76. The number of morpholine rings is 1. The summed E-state index contributed by atoms with van der Waals surface area (Å²) < 4.78 is 5.40. The molecule has 2 atom stereocenters. The summed E-state index contributed by atoms with van der Waals surface area (Å²) in [5, 5.41) is 12.2. The van der Waals surface area contributed by atoms with Crippen LogP contribution in [0.3, 0.4) is 0 Å². The number of carboxylic acids is 1. The van der Waals surface area contributed by atoms with E-state index in [1.165, 1.54) is 0 Å². The van der Waals surface area contributed by atoms with E-state index in [1.807, 2.05) is 18.7 Å². The highest BCUT2D eigenvalue weighted by molar-refractivity contribution is 5.90. The first-order chi connectivity index (χ1) is 15.4. The number of carbonyl (C=O) groups is 3. The quantitative estimate of drug-likeness (QED) is 0.576. The topological polar surface area (TPSA) is 99.2 Å². The predicted octanol–water partition coefficient (Wildman–Crippen LogP) is 2.29. The summed E-state index contributed by atoms with van der Waals surface area (Å²) in [5.41, 5.74) is 0. The third kappa shape index (κ3) is 9.28. The van der Waals surface area contributed by atoms with Gasteiger partial charge < -0.3 is 20.1 Å². The Morgan fingerprint density at radius 2 is 1.81 bits per heavy atom. The zero-order valence-corrected chi connectivity index (χ0v) is 19.8. The number of rotatable bonds is 7. The van der Waals surface area contributed by atoms with Gasteiger partial charge in [-0.05, 0) is 44.4 Å². The van der Waals surface area contributed by atoms with Crippen molar-refractivity contribution in [2.75, 3.05) is 45.9 Å². The van der Waals surface area contributed by atoms with Crippen molar-refractivity contribution in [1.82, 2.24) is 15.1 Å². The Balaban J connectivity index is 2.09. The molecular formula is C24H41N3O5. The summed E-state index contributed by atoms with van der Waals surface area (Å²) in [6.07, 6.45) is 8.79. The molecule has 8 heteroatoms. The molecule has 0 bridgehead atoms. The molecule has 2 heterocycles. The number of carboxylic acid groups (broad SMARTS) is 1. The Hall–Kier alpha value is -1.93. The van der Waals surface area contributed by atoms with E-state index >= 15 is 0 Å². The number of hydrogen-bond donors (Lipinski definition) is 2. The van der Waals surface area contributed by atoms with Crippen LogP contribution in [-0.4, -0.2) is 84.7 Å². The molecule has 0 unspecified atom stereocenters. The normalized spacial score (nSPS) is 25.9. The van der Waals surface area contributed by atoms with Crippen molar-refractivity contribution in [2.45, 2.75) is 64.8 Å². The van der Waals surface area contributed by atoms with Gasteiger partial charge in [-0.1, -0.05) is 26.0 Å². The van der Waals surface area contributed by atoms with Crippen LogP contribution in [0, 0.1) is 11.8 Å². The molecule has 32 heavy (non-hydrogen) atoms. The molecule has 182 valence electrons. The molecule has 0 radical (unpaired) electrons. The van der Waals surface area contributed by atoms with Gasteiger partial charge in [0.1, 0.15) is 6.04 Å². The van der Waals surface area contributed by atoms with Crippen LogP contribution in [0.25, 0.3) is 0 Å². The monoisotopic (exact) mass is 451 g/mol. The lowest BCUT2D eigenvalue weighted by Gasteiger charge is -2.32. The van der Waals surface area contributed by atoms with E-state index in [0.717, 1.165) is 65.0 Å². The molecule has 2 rings (SSSR count). The maximum Gasteiger partial charge on any atom is 0.304 e. The van der Waals surface area contributed by atoms with Crippen molar-refractivity contribution in [3.63, 3.8) is 0 Å². The molecule has 0 aromatic carbocycles. The first kappa shape index (κ1) is 26.3. The van der Waals surface area contributed by atoms with Crippen LogP contribution in [0.15, 0.2) is 12.2 Å². The van der Waals surface area contributed by atoms with E-state index in [-0.39, 0.29) is 24.2 Å². The number of nitrogens with one attached hydrogen (secondary N) is 1. The Labute approximate surface area is 192 Å². The molecule has 2 amide bonds. The predicted molar refractivity (Wildman–Crippen MR) is 123 cm³/mol. The van der Waals surface area contributed by atoms with Gasteiger partial charge in [-0.15, -0.1) is 0 Å². The van der Waals surface area contributed by atoms with Crippen molar-refractivity contribution < 1.29 is 24.2 Å². The molecule has 8 nitrogen and oxygen atoms in total. The summed E-state index contributed by atoms with van der Waals surface area (Å²) >= 11 is 0. The molecule has 0 spiro atoms. The Morgan fingerprint density at radius 1 is 1.12 bits per heavy atom. The third-order valence-electron chi connectivity index (χ3n) is 6.23. The number of hydrogen-bond acceptors (Lipinski definition) is 5. The van der Waals surface area contributed by atoms with Gasteiger partial charge in [-0.3, -0.25) is 19.3 Å². The second kappa shape index (κ2) is 14.3. The molecule has 0 aromatic rings. The van der Waals surface area contributed by atoms with Gasteiger partial charge in [-0.2, -0.15) is 0 Å². The summed E-state index contributed by atoms with van der Waals surface area (Å²) in [5.74, 6) is -2.07. The minimum Gasteiger partial charge on any atom is -0.481 e. The lowest BCUT2D eigenvalue weighted by molar-refractivity contribution is -0.142. The van der Waals surface area contributed by atoms with E-state index in [2.05, 4.69) is 22.4 Å². The lowest BCUT2D eigenvalue weighted by Crippen LogP contribution is -2.53. The fourth-order valence-corrected chi connectivity index (χ4v) is 4.28. The number of ether oxygens (including phenoxy) is 1. The van der Waals surface area contributed by atoms with Crippen LogP contribution >= 0.6 is 0 Å². The van der Waals surface area contributed by atoms with E-state index in [4.69, 9.17) is 4.74 Å². The Morgan fingerprint density at radius 3 is 2.47 bits per heavy atom. The molecule has 0 aliphatic carbocycles. The molecule has 0 saturated carbocycles. The maximum absolute atomic E-state index is 13.5. The zero-order chi connectivity index (χ0) is 23.3. The van der Waals surface area contributed by atoms with Crippen molar-refractivity contribution in [3.05, 3.63) is 12.2 Å². The molecular weight excluding hydrogens is 410 g/mol. The molecule has 2 aliphatic heterocycles. The maximum atomic E-state index is 13.5. The number of nitrogens with zero attached hydrogens (tertiary/aromatic N) is 2. The van der Waals surface area contributed by atoms with Crippen LogP contribution in [-0.2, 0) is 19.1 Å². The van der Waals surface area contributed by atoms with Gasteiger partial charge in [0.2, 0.25) is 11.8 Å². The summed E-state index contributed by atoms with van der Waals surface area (Å²) in [6, 6.07) is -0.638. The number of aliphatic carboxylic acids is 1. The molecule has 2 aliphatic rings. The standard InChI is InChI=1S/C24H41N3O5/c1-19(2)22-24(31)27(13-9-11-26-14-16-32-17-15-26)12-8-6-4-3-5-7-10-20(18-21(28)29)23(30)25-22/h3-4,19-20,22H,5-18H2,1-2H3,(H,25,30)(H,28,29)/b4-3+/t20-,22+/m1/s1. The highest BCUT2D eigenvalue weighted by atomic mass is 16.5. The third-order valence-corrected chi connectivity index (χ3v) is 6.23. The molecule has 1 fully saturated rings. The van der Waals surface area contributed by atoms with Gasteiger partial charge in [0.25, 0.3) is 0 Å². The lowest BCUT2D eigenvalue weighted by atomic mass is 9.95. The van der Waals surface area contributed by atoms with Crippen LogP contribution in [0.5, 0.6) is 0 Å². The van der Waals surface area contributed by atoms with E-state index in [0.29, 0.717) is 19.5 Å². The second-order valence-corrected chi connectivity index (χ2v) is 9.20. The summed E-state index contributed by atoms with van der Waals surface area (Å²) in [6.45, 7) is 9.44. The largest absolute Gasteiger partial charge is 0.481 e. The van der Waals surface area contributed by atoms with Crippen molar-refractivity contribution >= 4 is 17.8 Å². The van der Waals surface area contributed by atoms with Crippen LogP contribution in [0.1, 0.15) is 58.8 Å². The van der Waals surface area contributed by atoms with E-state index in [1.54, 1.807) is 0 Å². The minimum atomic E-state index is -0.987. The van der Waals surface area contributed by atoms with Crippen molar-refractivity contribution in [1.29, 1.82) is 0 Å². The van der Waals surface area contributed by atoms with Gasteiger partial charge in [0, 0.05) is 38.6 Å². The highest BCUT2D eigenvalue weighted by Crippen LogP contribution is 2.17. The van der Waals surface area contributed by atoms with Crippen LogP contribution in [0.2, 0.25) is 0 Å². The second-order valence-electron chi connectivity index (χ2n) is 9.20. The van der Waals surface area contributed by atoms with Gasteiger partial charge in [0.15, 0.2) is 0 Å². The van der Waals surface area contributed by atoms with Gasteiger partial charge >= 0.3 is 5.97 Å². The smallest absolute Gasteiger partial charge is 0.304 e. The fraction of sp³-hybridized carbons (Fsp3) is 0.792. The number of allylic oxidation sites excluding steroid dienone is 2. The average molecular weight is 452 g/mol. The van der Waals surface area contributed by atoms with Crippen LogP contribution < -0.4 is 5.32 Å². The first-order valence-corrected chi connectivity index (χ1v) is 12.1. The SMILES string of the molecule is CC(C)[C@@H]1NC(=O)[C@@H](CC(=O)O)CCC/C=C/CCCN(CCCN2CCOCC2)C1=O. The van der Waals surface area contributed by atoms with Crippen LogP contribution in [0.4, 0.5) is 0 Å². The highest BCUT2D eigenvalue weighted by Gasteiger charge is 2.31. The van der Waals surface area contributed by atoms with E-state index in [9.17, 15) is 19.5 Å². The van der Waals surface area contributed by atoms with Gasteiger partial charge in [-0.25, -0.2) is 0 Å². The summed E-state index contributed by atoms with van der Waals surface area (Å²) in [4.78, 5) is 41.9. The zero-order valence-electron chi connectivity index (χ0n) is 19.8. The number of carbonyl (C=O) groups excluding carboxylic acids is 2. The minimum absolute atomic E-state index is 0.0644. The van der Waals surface area contributed by atoms with E-state index < -0.39 is 17.9 Å². The fourth-order valence-electron chi connectivity index (χ4n) is 4.28. The summed E-state index contributed by atoms with van der Waals surface area (Å²) in [7, 11) is 0. The Bertz CT molecular complexity index is 631. The molecule has 2 N–H and O–H groups in total.